The molecule has 41 heavy (non-hydrogen) atoms. The zero-order chi connectivity index (χ0) is 29.4. The number of halogens is 3. The highest BCUT2D eigenvalue weighted by atomic mass is 19.4. The van der Waals surface area contributed by atoms with Crippen LogP contribution in [0.5, 0.6) is 0 Å². The van der Waals surface area contributed by atoms with E-state index in [9.17, 15) is 22.8 Å². The molecule has 2 aromatic rings. The number of rotatable bonds is 9. The number of hydrogen-bond donors (Lipinski definition) is 1. The number of nitrogens with one attached hydrogen (secondary N) is 1. The maximum absolute atomic E-state index is 12.8. The van der Waals surface area contributed by atoms with E-state index < -0.39 is 17.6 Å². The summed E-state index contributed by atoms with van der Waals surface area (Å²) in [5.74, 6) is 0.0853. The van der Waals surface area contributed by atoms with Gasteiger partial charge in [-0.3, -0.25) is 4.79 Å². The highest BCUT2D eigenvalue weighted by Gasteiger charge is 2.31. The molecule has 3 amide bonds. The van der Waals surface area contributed by atoms with E-state index in [4.69, 9.17) is 4.74 Å². The van der Waals surface area contributed by atoms with Crippen LogP contribution in [0.25, 0.3) is 0 Å². The zero-order valence-corrected chi connectivity index (χ0v) is 24.0. The number of hydrogen-bond acceptors (Lipinski definition) is 4. The number of piperidine rings is 1. The minimum atomic E-state index is -4.44. The quantitative estimate of drug-likeness (QED) is 0.414. The van der Waals surface area contributed by atoms with E-state index in [2.05, 4.69) is 24.1 Å². The fraction of sp³-hybridized carbons (Fsp3) is 0.548. The Bertz CT molecular complexity index is 1140. The lowest BCUT2D eigenvalue weighted by atomic mass is 9.95. The number of carbonyl (C=O) groups is 2. The molecule has 224 valence electrons. The average molecular weight is 575 g/mol. The molecule has 2 fully saturated rings. The first kappa shape index (κ1) is 30.8. The number of benzene rings is 2. The van der Waals surface area contributed by atoms with Gasteiger partial charge in [0.25, 0.3) is 5.91 Å². The molecule has 0 spiro atoms. The molecule has 7 nitrogen and oxygen atoms in total. The lowest BCUT2D eigenvalue weighted by molar-refractivity contribution is -0.137. The van der Waals surface area contributed by atoms with Gasteiger partial charge in [-0.15, -0.1) is 0 Å². The van der Waals surface area contributed by atoms with E-state index in [1.54, 1.807) is 6.07 Å². The van der Waals surface area contributed by atoms with Crippen LogP contribution in [0, 0.1) is 5.92 Å². The molecule has 0 aliphatic carbocycles. The maximum atomic E-state index is 12.8. The van der Waals surface area contributed by atoms with Gasteiger partial charge in [-0.05, 0) is 87.0 Å². The molecule has 0 saturated carbocycles. The van der Waals surface area contributed by atoms with Crippen LogP contribution in [0.4, 0.5) is 23.7 Å². The summed E-state index contributed by atoms with van der Waals surface area (Å²) in [6.07, 6.45) is -0.603. The summed E-state index contributed by atoms with van der Waals surface area (Å²) in [7, 11) is 0. The molecule has 1 unspecified atom stereocenters. The second-order valence-electron chi connectivity index (χ2n) is 11.1. The van der Waals surface area contributed by atoms with Crippen molar-refractivity contribution >= 4 is 17.6 Å². The lowest BCUT2D eigenvalue weighted by Crippen LogP contribution is -2.51. The van der Waals surface area contributed by atoms with Gasteiger partial charge in [0.2, 0.25) is 0 Å². The number of carbonyl (C=O) groups excluding carboxylic acids is 2. The minimum absolute atomic E-state index is 0.135. The predicted molar refractivity (Wildman–Crippen MR) is 153 cm³/mol. The van der Waals surface area contributed by atoms with E-state index in [1.165, 1.54) is 12.1 Å². The molecule has 10 heteroatoms. The van der Waals surface area contributed by atoms with Crippen LogP contribution in [0.15, 0.2) is 48.5 Å². The number of anilines is 1. The second kappa shape index (κ2) is 14.2. The van der Waals surface area contributed by atoms with Crippen LogP contribution in [-0.2, 0) is 17.3 Å². The van der Waals surface area contributed by atoms with Crippen LogP contribution in [-0.4, -0.2) is 85.2 Å². The van der Waals surface area contributed by atoms with Gasteiger partial charge in [-0.25, -0.2) is 4.79 Å². The van der Waals surface area contributed by atoms with Crippen molar-refractivity contribution in [1.82, 2.24) is 14.7 Å². The van der Waals surface area contributed by atoms with Crippen molar-refractivity contribution in [3.8, 4) is 0 Å². The standard InChI is InChI=1S/C31H41F3N4O3/c1-3-13-38(22-24-11-14-36(15-12-24)30(40)37-16-18-41-19-17-37)23(2)20-25-5-4-6-28(21-25)35-29(39)26-7-9-27(10-8-26)31(32,33)34/h4-10,21,23-24H,3,11-20,22H2,1-2H3,(H,35,39). The van der Waals surface area contributed by atoms with Crippen molar-refractivity contribution in [1.29, 1.82) is 0 Å². The SMILES string of the molecule is CCCN(CC1CCN(C(=O)N2CCOCC2)CC1)C(C)Cc1cccc(NC(=O)c2ccc(C(F)(F)F)cc2)c1. The highest BCUT2D eigenvalue weighted by Crippen LogP contribution is 2.29. The first-order valence-corrected chi connectivity index (χ1v) is 14.6. The van der Waals surface area contributed by atoms with Crippen LogP contribution < -0.4 is 5.32 Å². The van der Waals surface area contributed by atoms with Gasteiger partial charge in [-0.2, -0.15) is 13.2 Å². The highest BCUT2D eigenvalue weighted by molar-refractivity contribution is 6.04. The van der Waals surface area contributed by atoms with Crippen LogP contribution in [0.3, 0.4) is 0 Å². The van der Waals surface area contributed by atoms with Gasteiger partial charge in [-0.1, -0.05) is 19.1 Å². The van der Waals surface area contributed by atoms with Crippen molar-refractivity contribution in [3.05, 3.63) is 65.2 Å². The number of alkyl halides is 3. The Kier molecular flexibility index (Phi) is 10.7. The topological polar surface area (TPSA) is 65.1 Å². The van der Waals surface area contributed by atoms with Crippen molar-refractivity contribution in [2.24, 2.45) is 5.92 Å². The van der Waals surface area contributed by atoms with Gasteiger partial charge in [0, 0.05) is 50.0 Å². The first-order valence-electron chi connectivity index (χ1n) is 14.6. The Hall–Kier alpha value is -3.11. The summed E-state index contributed by atoms with van der Waals surface area (Å²) in [5.41, 5.74) is 1.07. The molecule has 0 radical (unpaired) electrons. The normalized spacial score (nSPS) is 17.5. The van der Waals surface area contributed by atoms with Gasteiger partial charge >= 0.3 is 12.2 Å². The molecule has 2 aromatic carbocycles. The second-order valence-corrected chi connectivity index (χ2v) is 11.1. The van der Waals surface area contributed by atoms with Crippen molar-refractivity contribution < 1.29 is 27.5 Å². The van der Waals surface area contributed by atoms with Gasteiger partial charge in [0.05, 0.1) is 18.8 Å². The predicted octanol–water partition coefficient (Wildman–Crippen LogP) is 5.76. The van der Waals surface area contributed by atoms with Crippen LogP contribution in [0.2, 0.25) is 0 Å². The van der Waals surface area contributed by atoms with Crippen molar-refractivity contribution in [2.75, 3.05) is 57.8 Å². The molecule has 4 rings (SSSR count). The Balaban J connectivity index is 1.29. The molecule has 2 saturated heterocycles. The zero-order valence-electron chi connectivity index (χ0n) is 24.0. The number of nitrogens with zero attached hydrogens (tertiary/aromatic N) is 3. The third kappa shape index (κ3) is 8.69. The number of urea groups is 1. The summed E-state index contributed by atoms with van der Waals surface area (Å²) >= 11 is 0. The monoisotopic (exact) mass is 574 g/mol. The molecule has 1 N–H and O–H groups in total. The van der Waals surface area contributed by atoms with Gasteiger partial charge < -0.3 is 24.8 Å². The molecule has 0 bridgehead atoms. The average Bonchev–Trinajstić information content (AvgIpc) is 2.97. The van der Waals surface area contributed by atoms with Crippen molar-refractivity contribution in [3.63, 3.8) is 0 Å². The lowest BCUT2D eigenvalue weighted by Gasteiger charge is -2.39. The first-order chi connectivity index (χ1) is 19.6. The summed E-state index contributed by atoms with van der Waals surface area (Å²) in [4.78, 5) is 31.9. The Labute approximate surface area is 240 Å². The van der Waals surface area contributed by atoms with Gasteiger partial charge in [0.15, 0.2) is 0 Å². The van der Waals surface area contributed by atoms with E-state index in [0.717, 1.165) is 69.6 Å². The maximum Gasteiger partial charge on any atom is 0.416 e. The largest absolute Gasteiger partial charge is 0.416 e. The fourth-order valence-corrected chi connectivity index (χ4v) is 5.63. The fourth-order valence-electron chi connectivity index (χ4n) is 5.63. The Morgan fingerprint density at radius 3 is 2.32 bits per heavy atom. The third-order valence-corrected chi connectivity index (χ3v) is 7.98. The molecule has 2 aliphatic heterocycles. The van der Waals surface area contributed by atoms with Crippen LogP contribution in [0.1, 0.15) is 54.6 Å². The number of amides is 3. The summed E-state index contributed by atoms with van der Waals surface area (Å²) < 4.78 is 43.9. The summed E-state index contributed by atoms with van der Waals surface area (Å²) in [5, 5.41) is 2.81. The summed E-state index contributed by atoms with van der Waals surface area (Å²) in [6.45, 7) is 10.5. The molecule has 1 atom stereocenters. The Morgan fingerprint density at radius 2 is 1.68 bits per heavy atom. The van der Waals surface area contributed by atoms with E-state index in [-0.39, 0.29) is 17.6 Å². The molecule has 0 aromatic heterocycles. The molecule has 2 aliphatic rings. The van der Waals surface area contributed by atoms with E-state index in [0.29, 0.717) is 37.9 Å². The van der Waals surface area contributed by atoms with E-state index >= 15 is 0 Å². The third-order valence-electron chi connectivity index (χ3n) is 7.98. The molecular weight excluding hydrogens is 533 g/mol. The number of ether oxygens (including phenoxy) is 1. The smallest absolute Gasteiger partial charge is 0.378 e. The molecular formula is C31H41F3N4O3. The van der Waals surface area contributed by atoms with Crippen LogP contribution >= 0.6 is 0 Å². The summed E-state index contributed by atoms with van der Waals surface area (Å²) in [6, 6.07) is 12.3. The van der Waals surface area contributed by atoms with Crippen molar-refractivity contribution in [2.45, 2.75) is 51.7 Å². The molecule has 2 heterocycles. The minimum Gasteiger partial charge on any atom is -0.378 e. The van der Waals surface area contributed by atoms with Gasteiger partial charge in [0.1, 0.15) is 0 Å². The van der Waals surface area contributed by atoms with E-state index in [1.807, 2.05) is 28.0 Å². The number of morpholine rings is 1. The number of likely N-dealkylation sites (tertiary alicyclic amines) is 1. The Morgan fingerprint density at radius 1 is 1.02 bits per heavy atom.